The van der Waals surface area contributed by atoms with Gasteiger partial charge in [0.2, 0.25) is 5.78 Å². The van der Waals surface area contributed by atoms with E-state index >= 15 is 0 Å². The number of hydrogen-bond acceptors (Lipinski definition) is 4. The lowest BCUT2D eigenvalue weighted by Gasteiger charge is -2.03. The summed E-state index contributed by atoms with van der Waals surface area (Å²) >= 11 is 1.48. The Morgan fingerprint density at radius 1 is 1.38 bits per heavy atom. The van der Waals surface area contributed by atoms with E-state index in [1.54, 1.807) is 23.6 Å². The van der Waals surface area contributed by atoms with Crippen molar-refractivity contribution in [2.24, 2.45) is 0 Å². The van der Waals surface area contributed by atoms with Crippen molar-refractivity contribution >= 4 is 22.8 Å². The standard InChI is InChI=1S/C12H12N2OS/c1-7-5-9(13)3-4-10(7)12(15)11-6-16-8(2)14-11/h3-6H,13H2,1-2H3. The number of anilines is 1. The first-order valence-corrected chi connectivity index (χ1v) is 5.79. The Bertz CT molecular complexity index is 546. The number of carbonyl (C=O) groups excluding carboxylic acids is 1. The fraction of sp³-hybridized carbons (Fsp3) is 0.167. The normalized spacial score (nSPS) is 10.4. The van der Waals surface area contributed by atoms with Crippen LogP contribution in [0, 0.1) is 13.8 Å². The molecule has 2 N–H and O–H groups in total. The largest absolute Gasteiger partial charge is 0.399 e. The van der Waals surface area contributed by atoms with Gasteiger partial charge in [0, 0.05) is 16.6 Å². The van der Waals surface area contributed by atoms with Crippen LogP contribution in [0.15, 0.2) is 23.6 Å². The quantitative estimate of drug-likeness (QED) is 0.639. The molecule has 1 heterocycles. The van der Waals surface area contributed by atoms with Crippen molar-refractivity contribution in [2.75, 3.05) is 5.73 Å². The van der Waals surface area contributed by atoms with E-state index in [0.29, 0.717) is 16.9 Å². The first kappa shape index (κ1) is 10.8. The molecule has 1 aromatic heterocycles. The lowest BCUT2D eigenvalue weighted by Crippen LogP contribution is -2.04. The van der Waals surface area contributed by atoms with Crippen molar-refractivity contribution in [1.29, 1.82) is 0 Å². The van der Waals surface area contributed by atoms with Crippen LogP contribution < -0.4 is 5.73 Å². The van der Waals surface area contributed by atoms with Crippen LogP contribution in [0.25, 0.3) is 0 Å². The van der Waals surface area contributed by atoms with E-state index in [-0.39, 0.29) is 5.78 Å². The van der Waals surface area contributed by atoms with E-state index in [1.165, 1.54) is 11.3 Å². The summed E-state index contributed by atoms with van der Waals surface area (Å²) in [6.07, 6.45) is 0. The van der Waals surface area contributed by atoms with Crippen molar-refractivity contribution in [3.63, 3.8) is 0 Å². The highest BCUT2D eigenvalue weighted by Gasteiger charge is 2.14. The molecule has 3 nitrogen and oxygen atoms in total. The number of thiazole rings is 1. The fourth-order valence-electron chi connectivity index (χ4n) is 1.55. The first-order chi connectivity index (χ1) is 7.58. The summed E-state index contributed by atoms with van der Waals surface area (Å²) in [6.45, 7) is 3.76. The smallest absolute Gasteiger partial charge is 0.212 e. The van der Waals surface area contributed by atoms with Crippen molar-refractivity contribution in [3.05, 3.63) is 45.4 Å². The highest BCUT2D eigenvalue weighted by molar-refractivity contribution is 7.09. The number of nitrogens with zero attached hydrogens (tertiary/aromatic N) is 1. The van der Waals surface area contributed by atoms with E-state index in [2.05, 4.69) is 4.98 Å². The Kier molecular flexibility index (Phi) is 2.75. The first-order valence-electron chi connectivity index (χ1n) is 4.91. The van der Waals surface area contributed by atoms with E-state index < -0.39 is 0 Å². The summed E-state index contributed by atoms with van der Waals surface area (Å²) in [6, 6.07) is 5.29. The number of benzene rings is 1. The predicted molar refractivity (Wildman–Crippen MR) is 65.9 cm³/mol. The molecule has 0 saturated heterocycles. The van der Waals surface area contributed by atoms with Crippen LogP contribution in [0.2, 0.25) is 0 Å². The number of hydrogen-bond donors (Lipinski definition) is 1. The Balaban J connectivity index is 2.41. The van der Waals surface area contributed by atoms with Gasteiger partial charge in [0.25, 0.3) is 0 Å². The van der Waals surface area contributed by atoms with Gasteiger partial charge in [-0.2, -0.15) is 0 Å². The van der Waals surface area contributed by atoms with Gasteiger partial charge in [-0.15, -0.1) is 11.3 Å². The van der Waals surface area contributed by atoms with Crippen molar-refractivity contribution in [3.8, 4) is 0 Å². The minimum absolute atomic E-state index is 0.0400. The minimum Gasteiger partial charge on any atom is -0.399 e. The predicted octanol–water partition coefficient (Wildman–Crippen LogP) is 2.57. The maximum Gasteiger partial charge on any atom is 0.212 e. The molecule has 0 aliphatic rings. The van der Waals surface area contributed by atoms with Crippen LogP contribution in [-0.2, 0) is 0 Å². The molecule has 0 aliphatic carbocycles. The second-order valence-electron chi connectivity index (χ2n) is 3.66. The van der Waals surface area contributed by atoms with Gasteiger partial charge < -0.3 is 5.73 Å². The molecule has 2 aromatic rings. The number of aryl methyl sites for hydroxylation is 2. The topological polar surface area (TPSA) is 56.0 Å². The maximum atomic E-state index is 12.1. The molecular formula is C12H12N2OS. The highest BCUT2D eigenvalue weighted by Crippen LogP contribution is 2.18. The Morgan fingerprint density at radius 2 is 2.12 bits per heavy atom. The van der Waals surface area contributed by atoms with Crippen molar-refractivity contribution < 1.29 is 4.79 Å². The van der Waals surface area contributed by atoms with Crippen LogP contribution >= 0.6 is 11.3 Å². The van der Waals surface area contributed by atoms with Gasteiger partial charge in [-0.05, 0) is 37.6 Å². The number of nitrogens with two attached hydrogens (primary N) is 1. The summed E-state index contributed by atoms with van der Waals surface area (Å²) in [5.41, 5.74) is 8.38. The molecule has 0 aliphatic heterocycles. The van der Waals surface area contributed by atoms with Gasteiger partial charge in [0.1, 0.15) is 5.69 Å². The second-order valence-corrected chi connectivity index (χ2v) is 4.72. The van der Waals surface area contributed by atoms with Gasteiger partial charge in [0.15, 0.2) is 0 Å². The third-order valence-corrected chi connectivity index (χ3v) is 3.12. The molecule has 4 heteroatoms. The Morgan fingerprint density at radius 3 is 2.69 bits per heavy atom. The highest BCUT2D eigenvalue weighted by atomic mass is 32.1. The van der Waals surface area contributed by atoms with Gasteiger partial charge in [-0.1, -0.05) is 0 Å². The van der Waals surface area contributed by atoms with Crippen LogP contribution in [0.1, 0.15) is 26.6 Å². The minimum atomic E-state index is -0.0400. The lowest BCUT2D eigenvalue weighted by atomic mass is 10.0. The van der Waals surface area contributed by atoms with Crippen LogP contribution in [0.4, 0.5) is 5.69 Å². The third-order valence-electron chi connectivity index (χ3n) is 2.35. The van der Waals surface area contributed by atoms with Gasteiger partial charge in [-0.25, -0.2) is 4.98 Å². The summed E-state index contributed by atoms with van der Waals surface area (Å²) in [7, 11) is 0. The molecule has 0 bridgehead atoms. The zero-order valence-corrected chi connectivity index (χ0v) is 9.97. The van der Waals surface area contributed by atoms with Crippen LogP contribution in [-0.4, -0.2) is 10.8 Å². The van der Waals surface area contributed by atoms with E-state index in [0.717, 1.165) is 10.6 Å². The maximum absolute atomic E-state index is 12.1. The second kappa shape index (κ2) is 4.06. The molecule has 2 rings (SSSR count). The third kappa shape index (κ3) is 1.97. The van der Waals surface area contributed by atoms with Crippen molar-refractivity contribution in [2.45, 2.75) is 13.8 Å². The summed E-state index contributed by atoms with van der Waals surface area (Å²) < 4.78 is 0. The molecule has 1 aromatic carbocycles. The zero-order valence-electron chi connectivity index (χ0n) is 9.15. The molecule has 82 valence electrons. The number of rotatable bonds is 2. The molecule has 0 amide bonds. The number of carbonyl (C=O) groups is 1. The van der Waals surface area contributed by atoms with E-state index in [4.69, 9.17) is 5.73 Å². The van der Waals surface area contributed by atoms with Crippen LogP contribution in [0.5, 0.6) is 0 Å². The van der Waals surface area contributed by atoms with Gasteiger partial charge in [-0.3, -0.25) is 4.79 Å². The molecule has 0 radical (unpaired) electrons. The Hall–Kier alpha value is -1.68. The Labute approximate surface area is 97.9 Å². The monoisotopic (exact) mass is 232 g/mol. The van der Waals surface area contributed by atoms with E-state index in [9.17, 15) is 4.79 Å². The molecule has 16 heavy (non-hydrogen) atoms. The molecule has 0 fully saturated rings. The number of ketones is 1. The van der Waals surface area contributed by atoms with Crippen LogP contribution in [0.3, 0.4) is 0 Å². The zero-order chi connectivity index (χ0) is 11.7. The van der Waals surface area contributed by atoms with Crippen molar-refractivity contribution in [1.82, 2.24) is 4.98 Å². The summed E-state index contributed by atoms with van der Waals surface area (Å²) in [5.74, 6) is -0.0400. The molecule has 0 unspecified atom stereocenters. The number of aromatic nitrogens is 1. The summed E-state index contributed by atoms with van der Waals surface area (Å²) in [4.78, 5) is 16.3. The molecule has 0 atom stereocenters. The SMILES string of the molecule is Cc1nc(C(=O)c2ccc(N)cc2C)cs1. The number of nitrogen functional groups attached to an aromatic ring is 1. The van der Waals surface area contributed by atoms with E-state index in [1.807, 2.05) is 13.8 Å². The molecule has 0 saturated carbocycles. The average molecular weight is 232 g/mol. The molecule has 0 spiro atoms. The average Bonchev–Trinajstić information content (AvgIpc) is 2.64. The summed E-state index contributed by atoms with van der Waals surface area (Å²) in [5, 5.41) is 2.68. The lowest BCUT2D eigenvalue weighted by molar-refractivity contribution is 0.103. The fourth-order valence-corrected chi connectivity index (χ4v) is 2.14. The van der Waals surface area contributed by atoms with Gasteiger partial charge in [0.05, 0.1) is 5.01 Å². The van der Waals surface area contributed by atoms with Gasteiger partial charge >= 0.3 is 0 Å². The molecular weight excluding hydrogens is 220 g/mol.